The Morgan fingerprint density at radius 2 is 1.86 bits per heavy atom. The fourth-order valence-corrected chi connectivity index (χ4v) is 3.26. The van der Waals surface area contributed by atoms with Crippen molar-refractivity contribution in [2.24, 2.45) is 0 Å². The highest BCUT2D eigenvalue weighted by Gasteiger charge is 2.13. The molecule has 2 aromatic rings. The third-order valence-corrected chi connectivity index (χ3v) is 4.25. The zero-order chi connectivity index (χ0) is 15.6. The molecule has 2 aromatic carbocycles. The number of rotatable bonds is 3. The van der Waals surface area contributed by atoms with Crippen LogP contribution >= 0.6 is 43.5 Å². The molecule has 0 aromatic heterocycles. The SMILES string of the molecule is CN(C)c1ccc(Cl)cc1NC(=O)c1ccc(Br)cc1Br. The molecular weight excluding hydrogens is 419 g/mol. The second kappa shape index (κ2) is 6.81. The lowest BCUT2D eigenvalue weighted by Crippen LogP contribution is -2.17. The molecule has 0 aliphatic rings. The second-order valence-corrected chi connectivity index (χ2v) is 6.84. The van der Waals surface area contributed by atoms with Crippen LogP contribution in [-0.2, 0) is 0 Å². The van der Waals surface area contributed by atoms with Crippen LogP contribution < -0.4 is 10.2 Å². The number of amides is 1. The Hall–Kier alpha value is -1.04. The van der Waals surface area contributed by atoms with Crippen molar-refractivity contribution in [1.29, 1.82) is 0 Å². The summed E-state index contributed by atoms with van der Waals surface area (Å²) in [5.74, 6) is -0.195. The quantitative estimate of drug-likeness (QED) is 0.725. The number of carbonyl (C=O) groups excluding carboxylic acids is 1. The highest BCUT2D eigenvalue weighted by Crippen LogP contribution is 2.29. The van der Waals surface area contributed by atoms with E-state index in [4.69, 9.17) is 11.6 Å². The molecule has 110 valence electrons. The minimum Gasteiger partial charge on any atom is -0.376 e. The average Bonchev–Trinajstić information content (AvgIpc) is 2.37. The number of benzene rings is 2. The molecule has 6 heteroatoms. The Kier molecular flexibility index (Phi) is 5.30. The number of hydrogen-bond acceptors (Lipinski definition) is 2. The van der Waals surface area contributed by atoms with Crippen molar-refractivity contribution in [3.05, 3.63) is 55.9 Å². The van der Waals surface area contributed by atoms with E-state index >= 15 is 0 Å². The average molecular weight is 433 g/mol. The minimum atomic E-state index is -0.195. The van der Waals surface area contributed by atoms with Crippen molar-refractivity contribution >= 4 is 60.7 Å². The van der Waals surface area contributed by atoms with Crippen molar-refractivity contribution in [3.8, 4) is 0 Å². The van der Waals surface area contributed by atoms with Crippen molar-refractivity contribution < 1.29 is 4.79 Å². The number of halogens is 3. The van der Waals surface area contributed by atoms with Crippen LogP contribution in [0.2, 0.25) is 5.02 Å². The molecule has 0 spiro atoms. The van der Waals surface area contributed by atoms with Crippen LogP contribution in [0.5, 0.6) is 0 Å². The van der Waals surface area contributed by atoms with Gasteiger partial charge in [0, 0.05) is 28.1 Å². The van der Waals surface area contributed by atoms with E-state index < -0.39 is 0 Å². The molecule has 0 saturated heterocycles. The van der Waals surface area contributed by atoms with Gasteiger partial charge in [-0.2, -0.15) is 0 Å². The first-order valence-electron chi connectivity index (χ1n) is 6.12. The highest BCUT2D eigenvalue weighted by atomic mass is 79.9. The molecule has 0 fully saturated rings. The predicted molar refractivity (Wildman–Crippen MR) is 95.6 cm³/mol. The summed E-state index contributed by atoms with van der Waals surface area (Å²) in [6, 6.07) is 10.8. The summed E-state index contributed by atoms with van der Waals surface area (Å²) in [4.78, 5) is 14.3. The largest absolute Gasteiger partial charge is 0.376 e. The van der Waals surface area contributed by atoms with Gasteiger partial charge < -0.3 is 10.2 Å². The first-order chi connectivity index (χ1) is 9.88. The molecule has 21 heavy (non-hydrogen) atoms. The molecule has 0 aliphatic carbocycles. The normalized spacial score (nSPS) is 10.3. The van der Waals surface area contributed by atoms with Crippen LogP contribution in [-0.4, -0.2) is 20.0 Å². The summed E-state index contributed by atoms with van der Waals surface area (Å²) in [6.45, 7) is 0. The summed E-state index contributed by atoms with van der Waals surface area (Å²) in [5, 5.41) is 3.47. The predicted octanol–water partition coefficient (Wildman–Crippen LogP) is 5.18. The molecule has 0 aliphatic heterocycles. The lowest BCUT2D eigenvalue weighted by molar-refractivity contribution is 0.102. The van der Waals surface area contributed by atoms with E-state index in [0.29, 0.717) is 16.3 Å². The molecule has 0 unspecified atom stereocenters. The van der Waals surface area contributed by atoms with Gasteiger partial charge in [0.2, 0.25) is 0 Å². The number of anilines is 2. The van der Waals surface area contributed by atoms with Gasteiger partial charge in [0.1, 0.15) is 0 Å². The van der Waals surface area contributed by atoms with Gasteiger partial charge >= 0.3 is 0 Å². The Labute approximate surface area is 145 Å². The minimum absolute atomic E-state index is 0.195. The fraction of sp³-hybridized carbons (Fsp3) is 0.133. The van der Waals surface area contributed by atoms with Crippen LogP contribution in [0, 0.1) is 0 Å². The number of hydrogen-bond donors (Lipinski definition) is 1. The maximum Gasteiger partial charge on any atom is 0.256 e. The van der Waals surface area contributed by atoms with Crippen molar-refractivity contribution in [2.45, 2.75) is 0 Å². The van der Waals surface area contributed by atoms with E-state index in [-0.39, 0.29) is 5.91 Å². The topological polar surface area (TPSA) is 32.3 Å². The third-order valence-electron chi connectivity index (χ3n) is 2.86. The van der Waals surface area contributed by atoms with Crippen LogP contribution in [0.15, 0.2) is 45.3 Å². The number of nitrogens with one attached hydrogen (secondary N) is 1. The van der Waals surface area contributed by atoms with Gasteiger partial charge in [0.25, 0.3) is 5.91 Å². The molecule has 0 saturated carbocycles. The van der Waals surface area contributed by atoms with Gasteiger partial charge in [0.05, 0.1) is 16.9 Å². The van der Waals surface area contributed by atoms with Crippen molar-refractivity contribution in [3.63, 3.8) is 0 Å². The first kappa shape index (κ1) is 16.3. The Morgan fingerprint density at radius 3 is 2.48 bits per heavy atom. The Balaban J connectivity index is 2.33. The molecular formula is C15H13Br2ClN2O. The van der Waals surface area contributed by atoms with Gasteiger partial charge in [-0.25, -0.2) is 0 Å². The van der Waals surface area contributed by atoms with Crippen LogP contribution in [0.25, 0.3) is 0 Å². The summed E-state index contributed by atoms with van der Waals surface area (Å²) >= 11 is 12.8. The van der Waals surface area contributed by atoms with Crippen LogP contribution in [0.1, 0.15) is 10.4 Å². The molecule has 0 heterocycles. The van der Waals surface area contributed by atoms with E-state index in [1.807, 2.05) is 37.2 Å². The number of nitrogens with zero attached hydrogens (tertiary/aromatic N) is 1. The molecule has 0 radical (unpaired) electrons. The van der Waals surface area contributed by atoms with Gasteiger partial charge in [-0.3, -0.25) is 4.79 Å². The monoisotopic (exact) mass is 430 g/mol. The smallest absolute Gasteiger partial charge is 0.256 e. The lowest BCUT2D eigenvalue weighted by Gasteiger charge is -2.18. The first-order valence-corrected chi connectivity index (χ1v) is 8.08. The zero-order valence-corrected chi connectivity index (χ0v) is 15.4. The van der Waals surface area contributed by atoms with E-state index in [0.717, 1.165) is 14.6 Å². The summed E-state index contributed by atoms with van der Waals surface area (Å²) in [6.07, 6.45) is 0. The van der Waals surface area contributed by atoms with E-state index in [2.05, 4.69) is 37.2 Å². The molecule has 0 bridgehead atoms. The maximum atomic E-state index is 12.4. The Bertz CT molecular complexity index is 689. The third kappa shape index (κ3) is 3.99. The van der Waals surface area contributed by atoms with E-state index in [1.165, 1.54) is 0 Å². The van der Waals surface area contributed by atoms with Crippen LogP contribution in [0.4, 0.5) is 11.4 Å². The van der Waals surface area contributed by atoms with Gasteiger partial charge in [-0.1, -0.05) is 27.5 Å². The van der Waals surface area contributed by atoms with Gasteiger partial charge in [-0.05, 0) is 52.3 Å². The molecule has 1 N–H and O–H groups in total. The van der Waals surface area contributed by atoms with E-state index in [1.54, 1.807) is 18.2 Å². The highest BCUT2D eigenvalue weighted by molar-refractivity contribution is 9.11. The lowest BCUT2D eigenvalue weighted by atomic mass is 10.2. The summed E-state index contributed by atoms with van der Waals surface area (Å²) in [5.41, 5.74) is 2.12. The van der Waals surface area contributed by atoms with Gasteiger partial charge in [-0.15, -0.1) is 0 Å². The fourth-order valence-electron chi connectivity index (χ4n) is 1.86. The van der Waals surface area contributed by atoms with Crippen LogP contribution in [0.3, 0.4) is 0 Å². The van der Waals surface area contributed by atoms with Gasteiger partial charge in [0.15, 0.2) is 0 Å². The molecule has 1 amide bonds. The number of carbonyl (C=O) groups is 1. The molecule has 3 nitrogen and oxygen atoms in total. The van der Waals surface area contributed by atoms with Crippen molar-refractivity contribution in [2.75, 3.05) is 24.3 Å². The van der Waals surface area contributed by atoms with E-state index in [9.17, 15) is 4.79 Å². The second-order valence-electron chi connectivity index (χ2n) is 4.63. The summed E-state index contributed by atoms with van der Waals surface area (Å²) in [7, 11) is 3.82. The Morgan fingerprint density at radius 1 is 1.14 bits per heavy atom. The molecule has 2 rings (SSSR count). The standard InChI is InChI=1S/C15H13Br2ClN2O/c1-20(2)14-6-4-10(18)8-13(14)19-15(21)11-5-3-9(16)7-12(11)17/h3-8H,1-2H3,(H,19,21). The summed E-state index contributed by atoms with van der Waals surface area (Å²) < 4.78 is 1.63. The molecule has 0 atom stereocenters. The maximum absolute atomic E-state index is 12.4. The van der Waals surface area contributed by atoms with Crippen molar-refractivity contribution in [1.82, 2.24) is 0 Å². The zero-order valence-electron chi connectivity index (χ0n) is 11.5.